The molecule has 0 bridgehead atoms. The fourth-order valence-corrected chi connectivity index (χ4v) is 2.97. The molecular weight excluding hydrogens is 374 g/mol. The molecule has 0 saturated carbocycles. The lowest BCUT2D eigenvalue weighted by Gasteiger charge is -2.21. The quantitative estimate of drug-likeness (QED) is 0.682. The smallest absolute Gasteiger partial charge is 0.251 e. The molecule has 1 aromatic heterocycles. The molecule has 0 spiro atoms. The van der Waals surface area contributed by atoms with Crippen LogP contribution in [0, 0.1) is 11.6 Å². The number of benzene rings is 2. The minimum absolute atomic E-state index is 0.108. The highest BCUT2D eigenvalue weighted by atomic mass is 19.2. The van der Waals surface area contributed by atoms with Crippen LogP contribution < -0.4 is 5.32 Å². The summed E-state index contributed by atoms with van der Waals surface area (Å²) in [6, 6.07) is 8.88. The maximum Gasteiger partial charge on any atom is 0.251 e. The minimum Gasteiger partial charge on any atom is -0.347 e. The molecule has 2 aromatic carbocycles. The van der Waals surface area contributed by atoms with Gasteiger partial charge in [0.1, 0.15) is 12.2 Å². The average Bonchev–Trinajstić information content (AvgIpc) is 3.12. The van der Waals surface area contributed by atoms with Crippen molar-refractivity contribution in [2.75, 3.05) is 0 Å². The van der Waals surface area contributed by atoms with Gasteiger partial charge >= 0.3 is 0 Å². The molecule has 7 heteroatoms. The van der Waals surface area contributed by atoms with Crippen LogP contribution in [0.1, 0.15) is 56.7 Å². The van der Waals surface area contributed by atoms with E-state index in [1.54, 1.807) is 29.1 Å². The van der Waals surface area contributed by atoms with E-state index >= 15 is 0 Å². The van der Waals surface area contributed by atoms with E-state index in [0.717, 1.165) is 18.0 Å². The maximum atomic E-state index is 13.8. The summed E-state index contributed by atoms with van der Waals surface area (Å²) in [7, 11) is 0. The number of nitrogens with one attached hydrogen (secondary N) is 1. The van der Waals surface area contributed by atoms with Crippen molar-refractivity contribution in [1.29, 1.82) is 0 Å². The molecule has 0 atom stereocenters. The van der Waals surface area contributed by atoms with E-state index in [4.69, 9.17) is 0 Å². The van der Waals surface area contributed by atoms with Gasteiger partial charge in [0.15, 0.2) is 11.6 Å². The predicted molar refractivity (Wildman–Crippen MR) is 108 cm³/mol. The van der Waals surface area contributed by atoms with Crippen molar-refractivity contribution in [3.05, 3.63) is 65.7 Å². The summed E-state index contributed by atoms with van der Waals surface area (Å²) in [5.41, 5.74) is 1.70. The molecule has 1 heterocycles. The van der Waals surface area contributed by atoms with Gasteiger partial charge in [0, 0.05) is 22.7 Å². The Morgan fingerprint density at radius 3 is 2.38 bits per heavy atom. The Kier molecular flexibility index (Phi) is 5.50. The van der Waals surface area contributed by atoms with Gasteiger partial charge in [-0.25, -0.2) is 8.78 Å². The van der Waals surface area contributed by atoms with Crippen LogP contribution in [-0.4, -0.2) is 26.2 Å². The Hall–Kier alpha value is -3.09. The third kappa shape index (κ3) is 4.67. The largest absolute Gasteiger partial charge is 0.347 e. The van der Waals surface area contributed by atoms with Gasteiger partial charge in [-0.05, 0) is 62.2 Å². The summed E-state index contributed by atoms with van der Waals surface area (Å²) in [4.78, 5) is 12.8. The Balaban J connectivity index is 2.17. The number of amides is 1. The van der Waals surface area contributed by atoms with Gasteiger partial charge in [0.25, 0.3) is 5.91 Å². The Labute approximate surface area is 168 Å². The first-order chi connectivity index (χ1) is 13.5. The normalized spacial score (nSPS) is 11.7. The molecule has 0 unspecified atom stereocenters. The molecule has 1 amide bonds. The van der Waals surface area contributed by atoms with Crippen LogP contribution in [0.15, 0.2) is 42.7 Å². The molecule has 0 aliphatic heterocycles. The Morgan fingerprint density at radius 2 is 1.76 bits per heavy atom. The van der Waals surface area contributed by atoms with Gasteiger partial charge in [0.05, 0.1) is 0 Å². The van der Waals surface area contributed by atoms with Crippen LogP contribution >= 0.6 is 0 Å². The van der Waals surface area contributed by atoms with Gasteiger partial charge < -0.3 is 5.32 Å². The molecule has 0 saturated heterocycles. The van der Waals surface area contributed by atoms with E-state index in [9.17, 15) is 13.6 Å². The summed E-state index contributed by atoms with van der Waals surface area (Å²) in [6.45, 7) is 9.66. The number of nitrogens with zero attached hydrogens (tertiary/aromatic N) is 3. The number of rotatable bonds is 4. The summed E-state index contributed by atoms with van der Waals surface area (Å²) in [6.07, 6.45) is 1.57. The monoisotopic (exact) mass is 398 g/mol. The maximum absolute atomic E-state index is 13.8. The molecule has 5 nitrogen and oxygen atoms in total. The van der Waals surface area contributed by atoms with Crippen molar-refractivity contribution >= 4 is 5.91 Å². The topological polar surface area (TPSA) is 59.8 Å². The first-order valence-corrected chi connectivity index (χ1v) is 9.38. The van der Waals surface area contributed by atoms with Gasteiger partial charge in [-0.2, -0.15) is 0 Å². The van der Waals surface area contributed by atoms with Gasteiger partial charge in [-0.15, -0.1) is 10.2 Å². The molecule has 0 radical (unpaired) electrons. The molecule has 0 aliphatic rings. The third-order valence-corrected chi connectivity index (χ3v) is 4.29. The van der Waals surface area contributed by atoms with Crippen LogP contribution in [0.2, 0.25) is 0 Å². The van der Waals surface area contributed by atoms with Crippen LogP contribution in [0.3, 0.4) is 0 Å². The van der Waals surface area contributed by atoms with E-state index < -0.39 is 17.2 Å². The van der Waals surface area contributed by atoms with E-state index in [-0.39, 0.29) is 11.8 Å². The minimum atomic E-state index is -0.944. The van der Waals surface area contributed by atoms with Crippen LogP contribution in [0.5, 0.6) is 0 Å². The number of hydrogen-bond acceptors (Lipinski definition) is 3. The molecule has 3 rings (SSSR count). The van der Waals surface area contributed by atoms with Crippen molar-refractivity contribution in [3.63, 3.8) is 0 Å². The fraction of sp³-hybridized carbons (Fsp3) is 0.318. The molecule has 29 heavy (non-hydrogen) atoms. The van der Waals surface area contributed by atoms with Crippen molar-refractivity contribution in [2.24, 2.45) is 0 Å². The summed E-state index contributed by atoms with van der Waals surface area (Å²) >= 11 is 0. The second-order valence-corrected chi connectivity index (χ2v) is 8.32. The summed E-state index contributed by atoms with van der Waals surface area (Å²) < 4.78 is 29.0. The summed E-state index contributed by atoms with van der Waals surface area (Å²) in [5, 5.41) is 11.1. The van der Waals surface area contributed by atoms with Crippen LogP contribution in [0.25, 0.3) is 16.8 Å². The zero-order valence-corrected chi connectivity index (χ0v) is 17.1. The lowest BCUT2D eigenvalue weighted by molar-refractivity contribution is 0.0919. The lowest BCUT2D eigenvalue weighted by atomic mass is 10.00. The zero-order chi connectivity index (χ0) is 21.3. The van der Waals surface area contributed by atoms with Crippen LogP contribution in [0.4, 0.5) is 8.78 Å². The number of carbonyl (C=O) groups is 1. The highest BCUT2D eigenvalue weighted by Crippen LogP contribution is 2.27. The summed E-state index contributed by atoms with van der Waals surface area (Å²) in [5.74, 6) is -1.29. The predicted octanol–water partition coefficient (Wildman–Crippen LogP) is 4.86. The number of carbonyl (C=O) groups excluding carboxylic acids is 1. The second kappa shape index (κ2) is 7.73. The third-order valence-electron chi connectivity index (χ3n) is 4.29. The van der Waals surface area contributed by atoms with E-state index in [1.165, 1.54) is 6.07 Å². The second-order valence-electron chi connectivity index (χ2n) is 8.32. The van der Waals surface area contributed by atoms with Gasteiger partial charge in [-0.3, -0.25) is 9.36 Å². The molecule has 0 aliphatic carbocycles. The van der Waals surface area contributed by atoms with E-state index in [0.29, 0.717) is 22.4 Å². The van der Waals surface area contributed by atoms with Crippen LogP contribution in [-0.2, 0) is 0 Å². The SMILES string of the molecule is CC(C)c1nncn1-c1cc(C(=O)NC(C)(C)C)cc(-c2ccc(F)c(F)c2)c1. The number of halogens is 2. The van der Waals surface area contributed by atoms with Crippen molar-refractivity contribution in [3.8, 4) is 16.8 Å². The van der Waals surface area contributed by atoms with Crippen molar-refractivity contribution < 1.29 is 13.6 Å². The molecular formula is C22H24F2N4O. The first-order valence-electron chi connectivity index (χ1n) is 9.38. The van der Waals surface area contributed by atoms with Gasteiger partial charge in [-0.1, -0.05) is 19.9 Å². The zero-order valence-electron chi connectivity index (χ0n) is 17.1. The molecule has 1 N–H and O–H groups in total. The fourth-order valence-electron chi connectivity index (χ4n) is 2.97. The number of aromatic nitrogens is 3. The van der Waals surface area contributed by atoms with Gasteiger partial charge in [0.2, 0.25) is 0 Å². The molecule has 0 fully saturated rings. The van der Waals surface area contributed by atoms with Crippen molar-refractivity contribution in [1.82, 2.24) is 20.1 Å². The first kappa shape index (κ1) is 20.6. The highest BCUT2D eigenvalue weighted by molar-refractivity contribution is 5.96. The van der Waals surface area contributed by atoms with E-state index in [1.807, 2.05) is 34.6 Å². The Bertz CT molecular complexity index is 1050. The number of hydrogen-bond donors (Lipinski definition) is 1. The Morgan fingerprint density at radius 1 is 1.03 bits per heavy atom. The molecule has 3 aromatic rings. The highest BCUT2D eigenvalue weighted by Gasteiger charge is 2.19. The standard InChI is InChI=1S/C22H24F2N4O/c1-13(2)20-27-25-12-28(20)17-9-15(14-6-7-18(23)19(24)11-14)8-16(10-17)21(29)26-22(3,4)5/h6-13H,1-5H3,(H,26,29). The van der Waals surface area contributed by atoms with E-state index in [2.05, 4.69) is 15.5 Å². The molecule has 152 valence electrons. The average molecular weight is 398 g/mol. The van der Waals surface area contributed by atoms with Crippen molar-refractivity contribution in [2.45, 2.75) is 46.1 Å². The lowest BCUT2D eigenvalue weighted by Crippen LogP contribution is -2.40.